The molecule has 1 aliphatic heterocycles. The predicted molar refractivity (Wildman–Crippen MR) is 120 cm³/mol. The lowest BCUT2D eigenvalue weighted by Crippen LogP contribution is -2.36. The van der Waals surface area contributed by atoms with Crippen LogP contribution < -0.4 is 10.9 Å². The van der Waals surface area contributed by atoms with Crippen LogP contribution in [0.2, 0.25) is 0 Å². The molecule has 3 amide bonds. The normalized spacial score (nSPS) is 15.2. The number of hydrogen-bond acceptors (Lipinski definition) is 6. The largest absolute Gasteiger partial charge is 0.423 e. The second-order valence-electron chi connectivity index (χ2n) is 7.19. The van der Waals surface area contributed by atoms with Crippen LogP contribution in [0.5, 0.6) is 0 Å². The molecule has 7 nitrogen and oxygen atoms in total. The zero-order chi connectivity index (χ0) is 22.1. The first kappa shape index (κ1) is 20.6. The maximum atomic E-state index is 12.6. The van der Waals surface area contributed by atoms with Crippen molar-refractivity contribution >= 4 is 51.5 Å². The van der Waals surface area contributed by atoms with E-state index >= 15 is 0 Å². The fourth-order valence-corrected chi connectivity index (χ4v) is 4.04. The zero-order valence-corrected chi connectivity index (χ0v) is 17.6. The summed E-state index contributed by atoms with van der Waals surface area (Å²) >= 11 is 0.803. The van der Waals surface area contributed by atoms with Gasteiger partial charge in [-0.25, -0.2) is 4.79 Å². The molecule has 3 aromatic rings. The molecule has 0 unspecified atom stereocenters. The molecule has 0 aliphatic carbocycles. The van der Waals surface area contributed by atoms with E-state index in [1.54, 1.807) is 25.1 Å². The van der Waals surface area contributed by atoms with Crippen LogP contribution in [0.15, 0.2) is 62.6 Å². The molecule has 0 bridgehead atoms. The highest BCUT2D eigenvalue weighted by atomic mass is 32.2. The molecule has 1 saturated heterocycles. The third-order valence-corrected chi connectivity index (χ3v) is 5.69. The number of anilines is 1. The summed E-state index contributed by atoms with van der Waals surface area (Å²) in [5.41, 5.74) is 2.91. The van der Waals surface area contributed by atoms with E-state index in [1.807, 2.05) is 31.2 Å². The Morgan fingerprint density at radius 2 is 1.81 bits per heavy atom. The first-order chi connectivity index (χ1) is 14.8. The summed E-state index contributed by atoms with van der Waals surface area (Å²) in [5, 5.41) is 2.89. The van der Waals surface area contributed by atoms with Gasteiger partial charge in [-0.15, -0.1) is 0 Å². The molecule has 1 N–H and O–H groups in total. The quantitative estimate of drug-likeness (QED) is 0.491. The number of fused-ring (bicyclic) bond motifs is 1. The summed E-state index contributed by atoms with van der Waals surface area (Å²) in [5.74, 6) is -1.04. The van der Waals surface area contributed by atoms with E-state index in [0.717, 1.165) is 38.7 Å². The topological polar surface area (TPSA) is 96.7 Å². The van der Waals surface area contributed by atoms with Crippen LogP contribution in [0, 0.1) is 13.8 Å². The Morgan fingerprint density at radius 1 is 1.06 bits per heavy atom. The monoisotopic (exact) mass is 434 g/mol. The number of imide groups is 1. The Bertz CT molecular complexity index is 1310. The number of hydrogen-bond donors (Lipinski definition) is 1. The van der Waals surface area contributed by atoms with E-state index in [4.69, 9.17) is 4.42 Å². The molecule has 0 radical (unpaired) electrons. The number of nitrogens with zero attached hydrogens (tertiary/aromatic N) is 1. The van der Waals surface area contributed by atoms with Crippen molar-refractivity contribution < 1.29 is 18.8 Å². The lowest BCUT2D eigenvalue weighted by molar-refractivity contribution is -0.127. The van der Waals surface area contributed by atoms with Gasteiger partial charge < -0.3 is 9.73 Å². The van der Waals surface area contributed by atoms with Gasteiger partial charge in [0.1, 0.15) is 12.1 Å². The second-order valence-corrected chi connectivity index (χ2v) is 8.18. The van der Waals surface area contributed by atoms with Crippen molar-refractivity contribution in [1.82, 2.24) is 4.90 Å². The van der Waals surface area contributed by atoms with Gasteiger partial charge in [0.25, 0.3) is 11.1 Å². The first-order valence-corrected chi connectivity index (χ1v) is 10.3. The van der Waals surface area contributed by atoms with Gasteiger partial charge >= 0.3 is 5.63 Å². The predicted octanol–water partition coefficient (Wildman–Crippen LogP) is 4.08. The highest BCUT2D eigenvalue weighted by Gasteiger charge is 2.36. The van der Waals surface area contributed by atoms with E-state index in [1.165, 1.54) is 12.1 Å². The molecular weight excluding hydrogens is 416 g/mol. The van der Waals surface area contributed by atoms with Crippen LogP contribution >= 0.6 is 11.8 Å². The molecule has 1 fully saturated rings. The molecule has 156 valence electrons. The molecule has 2 heterocycles. The molecule has 1 aliphatic rings. The molecule has 8 heteroatoms. The average molecular weight is 434 g/mol. The third kappa shape index (κ3) is 4.44. The second kappa shape index (κ2) is 8.23. The van der Waals surface area contributed by atoms with E-state index in [2.05, 4.69) is 5.32 Å². The molecule has 4 rings (SSSR count). The summed E-state index contributed by atoms with van der Waals surface area (Å²) in [4.78, 5) is 50.1. The lowest BCUT2D eigenvalue weighted by atomic mass is 10.1. The van der Waals surface area contributed by atoms with E-state index in [9.17, 15) is 19.2 Å². The summed E-state index contributed by atoms with van der Waals surface area (Å²) in [6.07, 6.45) is 1.63. The number of benzene rings is 2. The van der Waals surface area contributed by atoms with Crippen molar-refractivity contribution in [2.75, 3.05) is 11.9 Å². The van der Waals surface area contributed by atoms with Crippen molar-refractivity contribution in [3.05, 3.63) is 80.5 Å². The summed E-state index contributed by atoms with van der Waals surface area (Å²) in [7, 11) is 0. The number of nitrogens with one attached hydrogen (secondary N) is 1. The maximum Gasteiger partial charge on any atom is 0.336 e. The molecule has 1 aromatic heterocycles. The molecular formula is C23H18N2O5S. The first-order valence-electron chi connectivity index (χ1n) is 9.46. The summed E-state index contributed by atoms with van der Waals surface area (Å²) < 4.78 is 5.17. The molecule has 31 heavy (non-hydrogen) atoms. The van der Waals surface area contributed by atoms with Gasteiger partial charge in [0.2, 0.25) is 5.91 Å². The smallest absolute Gasteiger partial charge is 0.336 e. The Hall–Kier alpha value is -3.65. The fraction of sp³-hybridized carbons (Fsp3) is 0.130. The van der Waals surface area contributed by atoms with Gasteiger partial charge in [0.15, 0.2) is 0 Å². The standard InChI is InChI=1S/C23H18N2O5S/c1-13-3-5-15(6-4-13)10-19-22(28)25(23(29)31-19)12-20(26)24-16-7-8-17-14(2)9-21(27)30-18(17)11-16/h3-11H,12H2,1-2H3,(H,24,26)/b19-10-. The highest BCUT2D eigenvalue weighted by molar-refractivity contribution is 8.18. The number of thioether (sulfide) groups is 1. The lowest BCUT2D eigenvalue weighted by Gasteiger charge is -2.12. The Morgan fingerprint density at radius 3 is 2.55 bits per heavy atom. The number of aryl methyl sites for hydroxylation is 2. The van der Waals surface area contributed by atoms with Crippen molar-refractivity contribution in [2.45, 2.75) is 13.8 Å². The van der Waals surface area contributed by atoms with Crippen LogP contribution in [-0.4, -0.2) is 28.5 Å². The maximum absolute atomic E-state index is 12.6. The molecule has 2 aromatic carbocycles. The van der Waals surface area contributed by atoms with Gasteiger partial charge in [-0.3, -0.25) is 19.3 Å². The van der Waals surface area contributed by atoms with Gasteiger partial charge in [0.05, 0.1) is 4.91 Å². The number of carbonyl (C=O) groups excluding carboxylic acids is 3. The summed E-state index contributed by atoms with van der Waals surface area (Å²) in [6.45, 7) is 3.34. The molecule has 0 saturated carbocycles. The van der Waals surface area contributed by atoms with Crippen LogP contribution in [0.1, 0.15) is 16.7 Å². The van der Waals surface area contributed by atoms with Crippen molar-refractivity contribution in [2.24, 2.45) is 0 Å². The van der Waals surface area contributed by atoms with Gasteiger partial charge in [-0.05, 0) is 54.9 Å². The van der Waals surface area contributed by atoms with Crippen LogP contribution in [0.25, 0.3) is 17.0 Å². The Balaban J connectivity index is 1.47. The van der Waals surface area contributed by atoms with Gasteiger partial charge in [-0.1, -0.05) is 29.8 Å². The third-order valence-electron chi connectivity index (χ3n) is 4.79. The SMILES string of the molecule is Cc1ccc(/C=C2\SC(=O)N(CC(=O)Nc3ccc4c(C)cc(=O)oc4c3)C2=O)cc1. The Labute approximate surface area is 181 Å². The highest BCUT2D eigenvalue weighted by Crippen LogP contribution is 2.32. The minimum Gasteiger partial charge on any atom is -0.423 e. The van der Waals surface area contributed by atoms with Crippen molar-refractivity contribution in [3.63, 3.8) is 0 Å². The summed E-state index contributed by atoms with van der Waals surface area (Å²) in [6, 6.07) is 13.9. The van der Waals surface area contributed by atoms with E-state index in [0.29, 0.717) is 11.3 Å². The van der Waals surface area contributed by atoms with Gasteiger partial charge in [-0.2, -0.15) is 0 Å². The zero-order valence-electron chi connectivity index (χ0n) is 16.8. The molecule has 0 atom stereocenters. The van der Waals surface area contributed by atoms with Crippen LogP contribution in [0.4, 0.5) is 10.5 Å². The number of rotatable bonds is 4. The molecule has 0 spiro atoms. The number of carbonyl (C=O) groups is 3. The average Bonchev–Trinajstić information content (AvgIpc) is 2.96. The fourth-order valence-electron chi connectivity index (χ4n) is 3.20. The van der Waals surface area contributed by atoms with E-state index < -0.39 is 29.2 Å². The minimum atomic E-state index is -0.534. The van der Waals surface area contributed by atoms with Crippen molar-refractivity contribution in [1.29, 1.82) is 0 Å². The van der Waals surface area contributed by atoms with Crippen LogP contribution in [-0.2, 0) is 9.59 Å². The minimum absolute atomic E-state index is 0.268. The van der Waals surface area contributed by atoms with Gasteiger partial charge in [0, 0.05) is 23.2 Å². The van der Waals surface area contributed by atoms with Crippen molar-refractivity contribution in [3.8, 4) is 0 Å². The van der Waals surface area contributed by atoms with Crippen LogP contribution in [0.3, 0.4) is 0 Å². The van der Waals surface area contributed by atoms with E-state index in [-0.39, 0.29) is 4.91 Å². The Kier molecular flexibility index (Phi) is 5.48. The number of amides is 3.